The van der Waals surface area contributed by atoms with Crippen LogP contribution in [0.25, 0.3) is 11.1 Å². The number of benzene rings is 1. The normalized spacial score (nSPS) is 10.5. The van der Waals surface area contributed by atoms with E-state index < -0.39 is 0 Å². The average molecular weight is 373 g/mol. The molecule has 3 rings (SSSR count). The summed E-state index contributed by atoms with van der Waals surface area (Å²) < 4.78 is 0. The minimum Gasteiger partial charge on any atom is -0.316 e. The van der Waals surface area contributed by atoms with Gasteiger partial charge in [0.15, 0.2) is 5.78 Å². The lowest BCUT2D eigenvalue weighted by Crippen LogP contribution is -2.25. The first-order valence-electron chi connectivity index (χ1n) is 9.25. The van der Waals surface area contributed by atoms with Crippen molar-refractivity contribution in [2.45, 2.75) is 26.7 Å². The lowest BCUT2D eigenvalue weighted by molar-refractivity contribution is -0.118. The monoisotopic (exact) mass is 373 g/mol. The number of hydrogen-bond donors (Lipinski definition) is 0. The van der Waals surface area contributed by atoms with E-state index in [1.54, 1.807) is 36.6 Å². The van der Waals surface area contributed by atoms with E-state index in [2.05, 4.69) is 9.97 Å². The summed E-state index contributed by atoms with van der Waals surface area (Å²) in [6.07, 6.45) is 5.85. The Morgan fingerprint density at radius 1 is 1.04 bits per heavy atom. The third kappa shape index (κ3) is 4.31. The number of carbonyl (C=O) groups is 2. The molecule has 0 aliphatic rings. The number of aromatic nitrogens is 2. The molecule has 2 aromatic heterocycles. The number of Topliss-reactive ketones (excluding diaryl/α,β-unsaturated/α-hetero) is 1. The van der Waals surface area contributed by atoms with Crippen LogP contribution in [0.5, 0.6) is 0 Å². The standard InChI is InChI=1S/C23H23N3O2/c1-4-23(28)26(3)19-6-7-20(16(2)13-19)18-5-8-21(25-15-18)22(27)14-17-9-11-24-12-10-17/h5-13,15H,4,14H2,1-3H3. The molecule has 0 bridgehead atoms. The van der Waals surface area contributed by atoms with Gasteiger partial charge in [-0.05, 0) is 53.9 Å². The summed E-state index contributed by atoms with van der Waals surface area (Å²) in [7, 11) is 1.78. The summed E-state index contributed by atoms with van der Waals surface area (Å²) in [4.78, 5) is 34.3. The summed E-state index contributed by atoms with van der Waals surface area (Å²) in [5, 5.41) is 0. The van der Waals surface area contributed by atoms with E-state index >= 15 is 0 Å². The number of nitrogens with zero attached hydrogens (tertiary/aromatic N) is 3. The van der Waals surface area contributed by atoms with Crippen LogP contribution in [-0.2, 0) is 11.2 Å². The number of hydrogen-bond acceptors (Lipinski definition) is 4. The van der Waals surface area contributed by atoms with Gasteiger partial charge < -0.3 is 4.90 Å². The zero-order chi connectivity index (χ0) is 20.1. The van der Waals surface area contributed by atoms with Crippen molar-refractivity contribution in [2.75, 3.05) is 11.9 Å². The van der Waals surface area contributed by atoms with Gasteiger partial charge in [-0.25, -0.2) is 0 Å². The molecule has 0 fully saturated rings. The number of carbonyl (C=O) groups excluding carboxylic acids is 2. The summed E-state index contributed by atoms with van der Waals surface area (Å²) in [5.41, 5.74) is 5.25. The summed E-state index contributed by atoms with van der Waals surface area (Å²) in [6, 6.07) is 13.2. The Morgan fingerprint density at radius 2 is 1.79 bits per heavy atom. The number of anilines is 1. The van der Waals surface area contributed by atoms with Crippen LogP contribution in [0.1, 0.15) is 35.0 Å². The molecule has 142 valence electrons. The molecule has 5 nitrogen and oxygen atoms in total. The Kier molecular flexibility index (Phi) is 5.94. The Bertz CT molecular complexity index is 982. The van der Waals surface area contributed by atoms with E-state index in [4.69, 9.17) is 0 Å². The van der Waals surface area contributed by atoms with Crippen LogP contribution in [0.4, 0.5) is 5.69 Å². The molecular weight excluding hydrogens is 350 g/mol. The van der Waals surface area contributed by atoms with Gasteiger partial charge in [-0.3, -0.25) is 19.6 Å². The SMILES string of the molecule is CCC(=O)N(C)c1ccc(-c2ccc(C(=O)Cc3ccncc3)nc2)c(C)c1. The van der Waals surface area contributed by atoms with Crippen LogP contribution >= 0.6 is 0 Å². The van der Waals surface area contributed by atoms with Gasteiger partial charge in [-0.2, -0.15) is 0 Å². The van der Waals surface area contributed by atoms with Crippen molar-refractivity contribution in [2.24, 2.45) is 0 Å². The molecule has 1 amide bonds. The highest BCUT2D eigenvalue weighted by Crippen LogP contribution is 2.27. The molecular formula is C23H23N3O2. The molecule has 28 heavy (non-hydrogen) atoms. The maximum absolute atomic E-state index is 12.4. The first-order chi connectivity index (χ1) is 13.5. The summed E-state index contributed by atoms with van der Waals surface area (Å²) >= 11 is 0. The van der Waals surface area contributed by atoms with Gasteiger partial charge in [0.1, 0.15) is 5.69 Å². The van der Waals surface area contributed by atoms with E-state index in [1.807, 2.05) is 50.2 Å². The van der Waals surface area contributed by atoms with Crippen LogP contribution < -0.4 is 4.90 Å². The maximum Gasteiger partial charge on any atom is 0.226 e. The second kappa shape index (κ2) is 8.57. The van der Waals surface area contributed by atoms with Gasteiger partial charge in [0.25, 0.3) is 0 Å². The van der Waals surface area contributed by atoms with Crippen molar-refractivity contribution in [1.82, 2.24) is 9.97 Å². The molecule has 0 radical (unpaired) electrons. The minimum absolute atomic E-state index is 0.0236. The molecule has 3 aromatic rings. The fourth-order valence-electron chi connectivity index (χ4n) is 3.06. The topological polar surface area (TPSA) is 63.2 Å². The quantitative estimate of drug-likeness (QED) is 0.606. The van der Waals surface area contributed by atoms with Crippen molar-refractivity contribution in [1.29, 1.82) is 0 Å². The van der Waals surface area contributed by atoms with Crippen molar-refractivity contribution in [3.8, 4) is 11.1 Å². The van der Waals surface area contributed by atoms with Crippen LogP contribution in [0.3, 0.4) is 0 Å². The average Bonchev–Trinajstić information content (AvgIpc) is 2.73. The first kappa shape index (κ1) is 19.4. The van der Waals surface area contributed by atoms with Crippen LogP contribution in [-0.4, -0.2) is 28.7 Å². The third-order valence-corrected chi connectivity index (χ3v) is 4.75. The Morgan fingerprint density at radius 3 is 2.39 bits per heavy atom. The van der Waals surface area contributed by atoms with Crippen LogP contribution in [0.2, 0.25) is 0 Å². The van der Waals surface area contributed by atoms with Crippen LogP contribution in [0.15, 0.2) is 61.1 Å². The summed E-state index contributed by atoms with van der Waals surface area (Å²) in [6.45, 7) is 3.86. The number of ketones is 1. The number of aryl methyl sites for hydroxylation is 1. The zero-order valence-electron chi connectivity index (χ0n) is 16.3. The van der Waals surface area contributed by atoms with Crippen LogP contribution in [0, 0.1) is 6.92 Å². The second-order valence-corrected chi connectivity index (χ2v) is 6.69. The highest BCUT2D eigenvalue weighted by Gasteiger charge is 2.12. The van der Waals surface area contributed by atoms with E-state index in [1.165, 1.54) is 0 Å². The molecule has 0 unspecified atom stereocenters. The second-order valence-electron chi connectivity index (χ2n) is 6.69. The van der Waals surface area contributed by atoms with Crippen molar-refractivity contribution < 1.29 is 9.59 Å². The van der Waals surface area contributed by atoms with E-state index in [9.17, 15) is 9.59 Å². The van der Waals surface area contributed by atoms with Gasteiger partial charge >= 0.3 is 0 Å². The van der Waals surface area contributed by atoms with E-state index in [0.717, 1.165) is 27.9 Å². The third-order valence-electron chi connectivity index (χ3n) is 4.75. The maximum atomic E-state index is 12.4. The summed E-state index contributed by atoms with van der Waals surface area (Å²) in [5.74, 6) is 0.0513. The Labute approximate surface area is 165 Å². The minimum atomic E-state index is -0.0236. The van der Waals surface area contributed by atoms with Crippen molar-refractivity contribution in [3.05, 3.63) is 77.9 Å². The molecule has 0 atom stereocenters. The lowest BCUT2D eigenvalue weighted by Gasteiger charge is -2.18. The van der Waals surface area contributed by atoms with Gasteiger partial charge in [0.05, 0.1) is 0 Å². The van der Waals surface area contributed by atoms with Gasteiger partial charge in [0, 0.05) is 49.7 Å². The fourth-order valence-corrected chi connectivity index (χ4v) is 3.06. The van der Waals surface area contributed by atoms with E-state index in [0.29, 0.717) is 18.5 Å². The fraction of sp³-hybridized carbons (Fsp3) is 0.217. The molecule has 0 saturated heterocycles. The molecule has 5 heteroatoms. The predicted molar refractivity (Wildman–Crippen MR) is 110 cm³/mol. The Hall–Kier alpha value is -3.34. The highest BCUT2D eigenvalue weighted by atomic mass is 16.2. The van der Waals surface area contributed by atoms with Crippen molar-refractivity contribution in [3.63, 3.8) is 0 Å². The molecule has 0 saturated carbocycles. The largest absolute Gasteiger partial charge is 0.316 e. The highest BCUT2D eigenvalue weighted by molar-refractivity contribution is 5.96. The van der Waals surface area contributed by atoms with Gasteiger partial charge in [-0.15, -0.1) is 0 Å². The number of rotatable bonds is 6. The number of amides is 1. The van der Waals surface area contributed by atoms with Gasteiger partial charge in [-0.1, -0.05) is 19.1 Å². The first-order valence-corrected chi connectivity index (χ1v) is 9.25. The van der Waals surface area contributed by atoms with E-state index in [-0.39, 0.29) is 11.7 Å². The Balaban J connectivity index is 1.78. The van der Waals surface area contributed by atoms with Gasteiger partial charge in [0.2, 0.25) is 5.91 Å². The molecule has 1 aromatic carbocycles. The predicted octanol–water partition coefficient (Wildman–Crippen LogP) is 4.25. The molecule has 0 spiro atoms. The molecule has 2 heterocycles. The zero-order valence-corrected chi connectivity index (χ0v) is 16.3. The number of pyridine rings is 2. The molecule has 0 N–H and O–H groups in total. The van der Waals surface area contributed by atoms with Crippen molar-refractivity contribution >= 4 is 17.4 Å². The molecule has 0 aliphatic heterocycles. The lowest BCUT2D eigenvalue weighted by atomic mass is 10.00. The smallest absolute Gasteiger partial charge is 0.226 e. The molecule has 0 aliphatic carbocycles.